The van der Waals surface area contributed by atoms with Crippen LogP contribution in [0.2, 0.25) is 0 Å². The summed E-state index contributed by atoms with van der Waals surface area (Å²) in [5, 5.41) is 0. The number of fused-ring (bicyclic) bond motifs is 1. The summed E-state index contributed by atoms with van der Waals surface area (Å²) in [5.41, 5.74) is 3.51. The Morgan fingerprint density at radius 3 is 2.91 bits per heavy atom. The number of rotatable bonds is 4. The van der Waals surface area contributed by atoms with Crippen molar-refractivity contribution in [3.8, 4) is 0 Å². The summed E-state index contributed by atoms with van der Waals surface area (Å²) in [7, 11) is 0. The molecule has 1 aromatic carbocycles. The third-order valence-electron chi connectivity index (χ3n) is 4.15. The molecule has 4 nitrogen and oxygen atoms in total. The Morgan fingerprint density at radius 1 is 1.17 bits per heavy atom. The van der Waals surface area contributed by atoms with Gasteiger partial charge in [0.05, 0.1) is 23.8 Å². The minimum Gasteiger partial charge on any atom is -0.465 e. The lowest BCUT2D eigenvalue weighted by atomic mass is 10.1. The normalized spacial score (nSPS) is 16.3. The Bertz CT molecular complexity index is 810. The van der Waals surface area contributed by atoms with Crippen LogP contribution in [0.1, 0.15) is 18.0 Å². The number of hydrogen-bond donors (Lipinski definition) is 1. The van der Waals surface area contributed by atoms with Crippen molar-refractivity contribution in [2.24, 2.45) is 0 Å². The summed E-state index contributed by atoms with van der Waals surface area (Å²) in [6.07, 6.45) is 9.21. The highest BCUT2D eigenvalue weighted by molar-refractivity contribution is 5.74. The Labute approximate surface area is 135 Å². The molecule has 2 aromatic heterocycles. The number of aromatic nitrogens is 2. The molecule has 0 unspecified atom stereocenters. The van der Waals surface area contributed by atoms with E-state index in [-0.39, 0.29) is 0 Å². The fraction of sp³-hybridized carbons (Fsp3) is 0.211. The zero-order valence-electron chi connectivity index (χ0n) is 12.9. The van der Waals surface area contributed by atoms with Gasteiger partial charge in [0.1, 0.15) is 11.6 Å². The van der Waals surface area contributed by atoms with Crippen LogP contribution in [0.5, 0.6) is 0 Å². The molecule has 0 spiro atoms. The molecular formula is C19H19N3O. The number of nitrogens with one attached hydrogen (secondary N) is 1. The number of H-pyrrole nitrogens is 1. The molecule has 3 heterocycles. The maximum atomic E-state index is 5.32. The molecule has 1 aliphatic rings. The standard InChI is InChI=1S/C19H19N3O/c1-2-6-18-17(5-1)20-19(21-18)14-22-11-9-15(10-12-22)7-8-16-4-3-13-23-16/h1-9,13H,10-12,14H2,(H,20,21)/b8-7+. The number of aromatic amines is 1. The van der Waals surface area contributed by atoms with Crippen molar-refractivity contribution in [1.29, 1.82) is 0 Å². The molecule has 4 heteroatoms. The van der Waals surface area contributed by atoms with Crippen LogP contribution in [0, 0.1) is 0 Å². The van der Waals surface area contributed by atoms with Gasteiger partial charge < -0.3 is 9.40 Å². The summed E-state index contributed by atoms with van der Waals surface area (Å²) < 4.78 is 5.32. The van der Waals surface area contributed by atoms with Gasteiger partial charge in [0.2, 0.25) is 0 Å². The lowest BCUT2D eigenvalue weighted by molar-refractivity contribution is 0.281. The van der Waals surface area contributed by atoms with E-state index in [9.17, 15) is 0 Å². The van der Waals surface area contributed by atoms with Gasteiger partial charge in [0.15, 0.2) is 0 Å². The third-order valence-corrected chi connectivity index (χ3v) is 4.15. The van der Waals surface area contributed by atoms with Crippen LogP contribution >= 0.6 is 0 Å². The van der Waals surface area contributed by atoms with Crippen molar-refractivity contribution in [2.75, 3.05) is 13.1 Å². The average Bonchev–Trinajstić information content (AvgIpc) is 3.23. The fourth-order valence-electron chi connectivity index (χ4n) is 2.89. The molecular weight excluding hydrogens is 286 g/mol. The molecule has 4 rings (SSSR count). The number of hydrogen-bond acceptors (Lipinski definition) is 3. The molecule has 116 valence electrons. The molecule has 0 radical (unpaired) electrons. The first kappa shape index (κ1) is 14.0. The monoisotopic (exact) mass is 305 g/mol. The highest BCUT2D eigenvalue weighted by Gasteiger charge is 2.12. The summed E-state index contributed by atoms with van der Waals surface area (Å²) in [4.78, 5) is 10.5. The van der Waals surface area contributed by atoms with Gasteiger partial charge in [-0.2, -0.15) is 0 Å². The van der Waals surface area contributed by atoms with Crippen molar-refractivity contribution < 1.29 is 4.42 Å². The number of para-hydroxylation sites is 2. The molecule has 0 aliphatic carbocycles. The molecule has 0 saturated heterocycles. The molecule has 3 aromatic rings. The summed E-state index contributed by atoms with van der Waals surface area (Å²) >= 11 is 0. The smallest absolute Gasteiger partial charge is 0.126 e. The van der Waals surface area contributed by atoms with Crippen LogP contribution in [0.4, 0.5) is 0 Å². The van der Waals surface area contributed by atoms with Crippen LogP contribution in [0.25, 0.3) is 17.1 Å². The van der Waals surface area contributed by atoms with E-state index in [4.69, 9.17) is 4.42 Å². The molecule has 0 atom stereocenters. The van der Waals surface area contributed by atoms with E-state index in [0.29, 0.717) is 0 Å². The van der Waals surface area contributed by atoms with Gasteiger partial charge in [-0.05, 0) is 42.3 Å². The van der Waals surface area contributed by atoms with Crippen molar-refractivity contribution in [2.45, 2.75) is 13.0 Å². The highest BCUT2D eigenvalue weighted by atomic mass is 16.3. The summed E-state index contributed by atoms with van der Waals surface area (Å²) in [5.74, 6) is 1.93. The van der Waals surface area contributed by atoms with Gasteiger partial charge in [0.25, 0.3) is 0 Å². The van der Waals surface area contributed by atoms with E-state index >= 15 is 0 Å². The molecule has 0 bridgehead atoms. The predicted octanol–water partition coefficient (Wildman–Crippen LogP) is 4.00. The van der Waals surface area contributed by atoms with Gasteiger partial charge in [-0.25, -0.2) is 4.98 Å². The lowest BCUT2D eigenvalue weighted by Gasteiger charge is -2.24. The minimum absolute atomic E-state index is 0.861. The zero-order valence-corrected chi connectivity index (χ0v) is 12.9. The Balaban J connectivity index is 1.39. The van der Waals surface area contributed by atoms with E-state index in [1.807, 2.05) is 36.4 Å². The number of allylic oxidation sites excluding steroid dienone is 1. The molecule has 0 fully saturated rings. The molecule has 0 amide bonds. The second-order valence-electron chi connectivity index (χ2n) is 5.81. The Morgan fingerprint density at radius 2 is 2.13 bits per heavy atom. The van der Waals surface area contributed by atoms with Crippen molar-refractivity contribution in [3.63, 3.8) is 0 Å². The fourth-order valence-corrected chi connectivity index (χ4v) is 2.89. The van der Waals surface area contributed by atoms with E-state index in [1.54, 1.807) is 6.26 Å². The molecule has 0 saturated carbocycles. The first-order valence-electron chi connectivity index (χ1n) is 7.93. The predicted molar refractivity (Wildman–Crippen MR) is 91.8 cm³/mol. The van der Waals surface area contributed by atoms with Gasteiger partial charge in [0, 0.05) is 13.1 Å². The van der Waals surface area contributed by atoms with Crippen molar-refractivity contribution in [3.05, 3.63) is 72.0 Å². The maximum Gasteiger partial charge on any atom is 0.126 e. The quantitative estimate of drug-likeness (QED) is 0.792. The first-order valence-corrected chi connectivity index (χ1v) is 7.93. The van der Waals surface area contributed by atoms with E-state index in [2.05, 4.69) is 33.1 Å². The average molecular weight is 305 g/mol. The highest BCUT2D eigenvalue weighted by Crippen LogP contribution is 2.17. The van der Waals surface area contributed by atoms with Crippen LogP contribution in [0.15, 0.2) is 64.8 Å². The van der Waals surface area contributed by atoms with E-state index in [0.717, 1.165) is 48.7 Å². The third kappa shape index (κ3) is 3.27. The largest absolute Gasteiger partial charge is 0.465 e. The number of furan rings is 1. The maximum absolute atomic E-state index is 5.32. The summed E-state index contributed by atoms with van der Waals surface area (Å²) in [6, 6.07) is 12.0. The Kier molecular flexibility index (Phi) is 3.82. The van der Waals surface area contributed by atoms with E-state index < -0.39 is 0 Å². The van der Waals surface area contributed by atoms with Crippen LogP contribution in [-0.2, 0) is 6.54 Å². The number of nitrogens with zero attached hydrogens (tertiary/aromatic N) is 2. The number of imidazole rings is 1. The topological polar surface area (TPSA) is 45.1 Å². The van der Waals surface area contributed by atoms with E-state index in [1.165, 1.54) is 5.57 Å². The van der Waals surface area contributed by atoms with Gasteiger partial charge in [-0.15, -0.1) is 0 Å². The Hall–Kier alpha value is -2.59. The molecule has 1 aliphatic heterocycles. The van der Waals surface area contributed by atoms with Gasteiger partial charge >= 0.3 is 0 Å². The molecule has 1 N–H and O–H groups in total. The second kappa shape index (κ2) is 6.26. The number of benzene rings is 1. The second-order valence-corrected chi connectivity index (χ2v) is 5.81. The van der Waals surface area contributed by atoms with Gasteiger partial charge in [-0.1, -0.05) is 24.3 Å². The van der Waals surface area contributed by atoms with Crippen LogP contribution < -0.4 is 0 Å². The first-order chi connectivity index (χ1) is 11.4. The zero-order chi connectivity index (χ0) is 15.5. The van der Waals surface area contributed by atoms with Crippen molar-refractivity contribution in [1.82, 2.24) is 14.9 Å². The summed E-state index contributed by atoms with van der Waals surface area (Å²) in [6.45, 7) is 2.86. The SMILES string of the molecule is C1=C(/C=C/c2ccco2)CCN(Cc2nc3ccccc3[nH]2)C1. The lowest BCUT2D eigenvalue weighted by Crippen LogP contribution is -2.28. The van der Waals surface area contributed by atoms with Crippen LogP contribution in [-0.4, -0.2) is 28.0 Å². The molecule has 23 heavy (non-hydrogen) atoms. The minimum atomic E-state index is 0.861. The van der Waals surface area contributed by atoms with Gasteiger partial charge in [-0.3, -0.25) is 4.90 Å². The van der Waals surface area contributed by atoms with Crippen LogP contribution in [0.3, 0.4) is 0 Å². The van der Waals surface area contributed by atoms with Crippen molar-refractivity contribution >= 4 is 17.1 Å².